The molecule has 1 aromatic carbocycles. The molecule has 9 heteroatoms. The van der Waals surface area contributed by atoms with Crippen molar-refractivity contribution in [2.75, 3.05) is 18.6 Å². The molecule has 0 saturated carbocycles. The van der Waals surface area contributed by atoms with E-state index in [1.165, 1.54) is 13.2 Å². The van der Waals surface area contributed by atoms with Gasteiger partial charge in [0.25, 0.3) is 0 Å². The quantitative estimate of drug-likeness (QED) is 0.536. The Balaban J connectivity index is 2.33. The van der Waals surface area contributed by atoms with Crippen LogP contribution in [0.5, 0.6) is 11.5 Å². The fourth-order valence-electron chi connectivity index (χ4n) is 2.80. The summed E-state index contributed by atoms with van der Waals surface area (Å²) in [6.07, 6.45) is -1.58. The molecule has 0 amide bonds. The summed E-state index contributed by atoms with van der Waals surface area (Å²) in [5, 5.41) is 38.9. The Bertz CT molecular complexity index is 704. The van der Waals surface area contributed by atoms with Gasteiger partial charge in [-0.3, -0.25) is 0 Å². The van der Waals surface area contributed by atoms with E-state index in [1.54, 1.807) is 13.8 Å². The number of hydrogen-bond acceptors (Lipinski definition) is 8. The fraction of sp³-hybridized carbons (Fsp3) is 0.500. The van der Waals surface area contributed by atoms with Crippen molar-refractivity contribution in [2.24, 2.45) is 0 Å². The summed E-state index contributed by atoms with van der Waals surface area (Å²) in [6.45, 7) is 3.33. The Hall–Kier alpha value is -1.97. The minimum Gasteiger partial charge on any atom is -0.507 e. The molecule has 25 heavy (non-hydrogen) atoms. The van der Waals surface area contributed by atoms with Gasteiger partial charge in [0.1, 0.15) is 17.1 Å². The first-order valence-corrected chi connectivity index (χ1v) is 8.62. The van der Waals surface area contributed by atoms with Crippen molar-refractivity contribution in [3.8, 4) is 11.5 Å². The number of fused-ring (bicyclic) bond motifs is 1. The second-order valence-electron chi connectivity index (χ2n) is 5.84. The molecule has 4 N–H and O–H groups in total. The summed E-state index contributed by atoms with van der Waals surface area (Å²) < 4.78 is 10.3. The Labute approximate surface area is 148 Å². The molecule has 1 aliphatic rings. The number of hydrogen-bond donors (Lipinski definition) is 4. The highest BCUT2D eigenvalue weighted by molar-refractivity contribution is 7.99. The van der Waals surface area contributed by atoms with Gasteiger partial charge >= 0.3 is 11.9 Å². The van der Waals surface area contributed by atoms with Crippen LogP contribution in [0.1, 0.15) is 34.3 Å². The zero-order valence-corrected chi connectivity index (χ0v) is 14.8. The smallest absolute Gasteiger partial charge is 0.344 e. The molecule has 0 fully saturated rings. The van der Waals surface area contributed by atoms with Crippen LogP contribution in [0, 0.1) is 6.92 Å². The van der Waals surface area contributed by atoms with Crippen molar-refractivity contribution in [1.29, 1.82) is 0 Å². The molecule has 2 rings (SSSR count). The average molecular weight is 372 g/mol. The molecule has 0 radical (unpaired) electrons. The minimum absolute atomic E-state index is 0.0222. The largest absolute Gasteiger partial charge is 0.507 e. The lowest BCUT2D eigenvalue weighted by Crippen LogP contribution is -2.47. The highest BCUT2D eigenvalue weighted by atomic mass is 32.2. The number of thioether (sulfide) groups is 1. The monoisotopic (exact) mass is 372 g/mol. The van der Waals surface area contributed by atoms with Gasteiger partial charge in [-0.2, -0.15) is 11.8 Å². The van der Waals surface area contributed by atoms with Gasteiger partial charge in [-0.15, -0.1) is 0 Å². The van der Waals surface area contributed by atoms with E-state index in [0.717, 1.165) is 11.8 Å². The lowest BCUT2D eigenvalue weighted by atomic mass is 9.83. The van der Waals surface area contributed by atoms with Gasteiger partial charge in [0.2, 0.25) is 5.79 Å². The number of phenolic OH excluding ortho intramolecular Hbond substituents is 1. The maximum atomic E-state index is 12.3. The molecule has 0 spiro atoms. The Morgan fingerprint density at radius 2 is 2.16 bits per heavy atom. The SMILES string of the molecule is COc1cc(O)c2c(c1C)C(C)C(O)(CSCC(O)C(=O)O)OC2=O. The topological polar surface area (TPSA) is 134 Å². The molecular formula is C16H20O8S. The van der Waals surface area contributed by atoms with Crippen LogP contribution in [0.2, 0.25) is 0 Å². The highest BCUT2D eigenvalue weighted by Crippen LogP contribution is 2.46. The number of phenols is 1. The summed E-state index contributed by atoms with van der Waals surface area (Å²) in [5.41, 5.74) is 0.981. The number of methoxy groups -OCH3 is 1. The summed E-state index contributed by atoms with van der Waals surface area (Å²) in [4.78, 5) is 22.9. The second kappa shape index (κ2) is 7.11. The number of benzene rings is 1. The number of carboxylic acids is 1. The van der Waals surface area contributed by atoms with E-state index >= 15 is 0 Å². The first-order valence-electron chi connectivity index (χ1n) is 7.47. The number of cyclic esters (lactones) is 1. The van der Waals surface area contributed by atoms with Crippen LogP contribution in [0.25, 0.3) is 0 Å². The Morgan fingerprint density at radius 3 is 2.72 bits per heavy atom. The lowest BCUT2D eigenvalue weighted by molar-refractivity contribution is -0.166. The standard InChI is InChI=1S/C16H20O8S/c1-7-11(23-3)4-9(17)13-12(7)8(2)16(22,24-15(13)21)6-25-5-10(18)14(19)20/h4,8,10,17-18,22H,5-6H2,1-3H3,(H,19,20). The molecule has 0 aromatic heterocycles. The van der Waals surface area contributed by atoms with Gasteiger partial charge in [0.05, 0.1) is 12.9 Å². The van der Waals surface area contributed by atoms with Crippen LogP contribution in [-0.4, -0.2) is 62.9 Å². The van der Waals surface area contributed by atoms with Crippen LogP contribution in [0.3, 0.4) is 0 Å². The number of aliphatic hydroxyl groups excluding tert-OH is 1. The maximum Gasteiger partial charge on any atom is 0.344 e. The number of ether oxygens (including phenoxy) is 2. The lowest BCUT2D eigenvalue weighted by Gasteiger charge is -2.39. The van der Waals surface area contributed by atoms with Crippen LogP contribution in [0.4, 0.5) is 0 Å². The highest BCUT2D eigenvalue weighted by Gasteiger charge is 2.47. The normalized spacial score (nSPS) is 23.6. The molecule has 3 atom stereocenters. The van der Waals surface area contributed by atoms with Gasteiger partial charge in [-0.1, -0.05) is 6.92 Å². The van der Waals surface area contributed by atoms with Gasteiger partial charge < -0.3 is 29.9 Å². The van der Waals surface area contributed by atoms with E-state index in [4.69, 9.17) is 14.6 Å². The first-order chi connectivity index (χ1) is 11.6. The van der Waals surface area contributed by atoms with E-state index in [1.807, 2.05) is 0 Å². The Kier molecular flexibility index (Phi) is 5.50. The number of esters is 1. The molecule has 1 aliphatic heterocycles. The van der Waals surface area contributed by atoms with Crippen molar-refractivity contribution in [3.05, 3.63) is 22.8 Å². The number of aromatic hydroxyl groups is 1. The number of rotatable bonds is 6. The zero-order chi connectivity index (χ0) is 18.9. The van der Waals surface area contributed by atoms with Crippen molar-refractivity contribution in [3.63, 3.8) is 0 Å². The fourth-order valence-corrected chi connectivity index (χ4v) is 3.88. The number of aliphatic carboxylic acids is 1. The summed E-state index contributed by atoms with van der Waals surface area (Å²) in [7, 11) is 1.43. The molecule has 3 unspecified atom stereocenters. The summed E-state index contributed by atoms with van der Waals surface area (Å²) in [6, 6.07) is 1.31. The van der Waals surface area contributed by atoms with Crippen LogP contribution in [-0.2, 0) is 9.53 Å². The van der Waals surface area contributed by atoms with E-state index in [2.05, 4.69) is 0 Å². The van der Waals surface area contributed by atoms with Crippen LogP contribution < -0.4 is 4.74 Å². The zero-order valence-electron chi connectivity index (χ0n) is 14.0. The first kappa shape index (κ1) is 19.4. The number of aliphatic hydroxyl groups is 2. The molecule has 8 nitrogen and oxygen atoms in total. The van der Waals surface area contributed by atoms with Crippen molar-refractivity contribution in [1.82, 2.24) is 0 Å². The van der Waals surface area contributed by atoms with Crippen molar-refractivity contribution in [2.45, 2.75) is 31.7 Å². The molecule has 0 saturated heterocycles. The third kappa shape index (κ3) is 3.53. The van der Waals surface area contributed by atoms with E-state index in [0.29, 0.717) is 16.9 Å². The molecular weight excluding hydrogens is 352 g/mol. The predicted molar refractivity (Wildman–Crippen MR) is 89.1 cm³/mol. The number of carboxylic acid groups (broad SMARTS) is 1. The van der Waals surface area contributed by atoms with Crippen molar-refractivity contribution < 1.29 is 39.5 Å². The summed E-state index contributed by atoms with van der Waals surface area (Å²) >= 11 is 0.944. The average Bonchev–Trinajstić information content (AvgIpc) is 2.54. The van der Waals surface area contributed by atoms with Crippen LogP contribution >= 0.6 is 11.8 Å². The molecule has 0 bridgehead atoms. The third-order valence-corrected chi connectivity index (χ3v) is 5.41. The molecule has 1 aromatic rings. The Morgan fingerprint density at radius 1 is 1.52 bits per heavy atom. The van der Waals surface area contributed by atoms with Crippen LogP contribution in [0.15, 0.2) is 6.07 Å². The molecule has 1 heterocycles. The predicted octanol–water partition coefficient (Wildman–Crippen LogP) is 0.850. The third-order valence-electron chi connectivity index (χ3n) is 4.24. The van der Waals surface area contributed by atoms with E-state index in [9.17, 15) is 24.9 Å². The molecule has 0 aliphatic carbocycles. The van der Waals surface area contributed by atoms with Gasteiger partial charge in [0, 0.05) is 17.7 Å². The number of carbonyl (C=O) groups excluding carboxylic acids is 1. The minimum atomic E-state index is -1.91. The van der Waals surface area contributed by atoms with Gasteiger partial charge in [-0.05, 0) is 18.1 Å². The van der Waals surface area contributed by atoms with Gasteiger partial charge in [-0.25, -0.2) is 9.59 Å². The second-order valence-corrected chi connectivity index (χ2v) is 6.87. The van der Waals surface area contributed by atoms with Gasteiger partial charge in [0.15, 0.2) is 6.10 Å². The maximum absolute atomic E-state index is 12.3. The van der Waals surface area contributed by atoms with Crippen molar-refractivity contribution >= 4 is 23.7 Å². The van der Waals surface area contributed by atoms with E-state index in [-0.39, 0.29) is 22.8 Å². The summed E-state index contributed by atoms with van der Waals surface area (Å²) in [5.74, 6) is -5.09. The van der Waals surface area contributed by atoms with E-state index < -0.39 is 29.7 Å². The molecule has 138 valence electrons. The number of carbonyl (C=O) groups is 2.